The molecule has 4 N–H and O–H groups in total. The number of amides is 3. The third-order valence-electron chi connectivity index (χ3n) is 2.64. The molecule has 1 atom stereocenters. The summed E-state index contributed by atoms with van der Waals surface area (Å²) < 4.78 is 0. The van der Waals surface area contributed by atoms with Gasteiger partial charge in [0.1, 0.15) is 6.04 Å². The SMILES string of the molecule is Nc1cnccc1C(=O)NC1CCC(=O)NC1=O. The van der Waals surface area contributed by atoms with Crippen LogP contribution < -0.4 is 16.4 Å². The van der Waals surface area contributed by atoms with Crippen LogP contribution >= 0.6 is 0 Å². The molecule has 0 saturated carbocycles. The quantitative estimate of drug-likeness (QED) is 0.593. The molecule has 7 heteroatoms. The Morgan fingerprint density at radius 3 is 2.94 bits per heavy atom. The number of anilines is 1. The highest BCUT2D eigenvalue weighted by atomic mass is 16.2. The average molecular weight is 248 g/mol. The van der Waals surface area contributed by atoms with Gasteiger partial charge in [-0.2, -0.15) is 0 Å². The van der Waals surface area contributed by atoms with Crippen LogP contribution in [-0.4, -0.2) is 28.7 Å². The smallest absolute Gasteiger partial charge is 0.254 e. The van der Waals surface area contributed by atoms with Crippen molar-refractivity contribution < 1.29 is 14.4 Å². The van der Waals surface area contributed by atoms with Crippen molar-refractivity contribution in [2.24, 2.45) is 0 Å². The van der Waals surface area contributed by atoms with Gasteiger partial charge in [0.2, 0.25) is 11.8 Å². The van der Waals surface area contributed by atoms with Gasteiger partial charge in [-0.05, 0) is 12.5 Å². The molecular weight excluding hydrogens is 236 g/mol. The lowest BCUT2D eigenvalue weighted by Gasteiger charge is -2.21. The molecule has 94 valence electrons. The van der Waals surface area contributed by atoms with Gasteiger partial charge >= 0.3 is 0 Å². The minimum Gasteiger partial charge on any atom is -0.397 e. The van der Waals surface area contributed by atoms with Crippen molar-refractivity contribution in [2.45, 2.75) is 18.9 Å². The monoisotopic (exact) mass is 248 g/mol. The molecular formula is C11H12N4O3. The van der Waals surface area contributed by atoms with Crippen LogP contribution in [0.2, 0.25) is 0 Å². The van der Waals surface area contributed by atoms with E-state index in [1.165, 1.54) is 18.5 Å². The van der Waals surface area contributed by atoms with Gasteiger partial charge in [-0.15, -0.1) is 0 Å². The second-order valence-corrected chi connectivity index (χ2v) is 3.94. The Bertz CT molecular complexity index is 515. The molecule has 3 amide bonds. The number of hydrogen-bond donors (Lipinski definition) is 3. The van der Waals surface area contributed by atoms with Crippen molar-refractivity contribution in [2.75, 3.05) is 5.73 Å². The fourth-order valence-electron chi connectivity index (χ4n) is 1.68. The van der Waals surface area contributed by atoms with Gasteiger partial charge in [0, 0.05) is 12.6 Å². The van der Waals surface area contributed by atoms with E-state index in [4.69, 9.17) is 5.73 Å². The summed E-state index contributed by atoms with van der Waals surface area (Å²) in [7, 11) is 0. The zero-order chi connectivity index (χ0) is 13.1. The topological polar surface area (TPSA) is 114 Å². The molecule has 1 fully saturated rings. The molecule has 1 saturated heterocycles. The van der Waals surface area contributed by atoms with E-state index in [1.54, 1.807) is 0 Å². The molecule has 0 radical (unpaired) electrons. The molecule has 0 aromatic carbocycles. The third-order valence-corrected chi connectivity index (χ3v) is 2.64. The number of nitrogens with one attached hydrogen (secondary N) is 2. The fraction of sp³-hybridized carbons (Fsp3) is 0.273. The van der Waals surface area contributed by atoms with Gasteiger partial charge in [-0.25, -0.2) is 0 Å². The Morgan fingerprint density at radius 2 is 2.28 bits per heavy atom. The number of pyridine rings is 1. The molecule has 1 unspecified atom stereocenters. The lowest BCUT2D eigenvalue weighted by Crippen LogP contribution is -2.52. The number of carbonyl (C=O) groups excluding carboxylic acids is 3. The number of nitrogen functional groups attached to an aromatic ring is 1. The van der Waals surface area contributed by atoms with E-state index in [-0.39, 0.29) is 23.6 Å². The summed E-state index contributed by atoms with van der Waals surface area (Å²) in [4.78, 5) is 38.1. The van der Waals surface area contributed by atoms with Gasteiger partial charge in [0.25, 0.3) is 5.91 Å². The maximum absolute atomic E-state index is 11.9. The predicted molar refractivity (Wildman–Crippen MR) is 62.3 cm³/mol. The second kappa shape index (κ2) is 4.82. The van der Waals surface area contributed by atoms with E-state index >= 15 is 0 Å². The molecule has 1 aromatic heterocycles. The number of piperidine rings is 1. The van der Waals surface area contributed by atoms with Crippen LogP contribution in [0.3, 0.4) is 0 Å². The molecule has 2 rings (SSSR count). The average Bonchev–Trinajstić information content (AvgIpc) is 2.33. The Balaban J connectivity index is 2.06. The van der Waals surface area contributed by atoms with Crippen LogP contribution in [0.1, 0.15) is 23.2 Å². The van der Waals surface area contributed by atoms with E-state index in [0.717, 1.165) is 0 Å². The number of carbonyl (C=O) groups is 3. The summed E-state index contributed by atoms with van der Waals surface area (Å²) in [6.07, 6.45) is 3.30. The van der Waals surface area contributed by atoms with E-state index in [2.05, 4.69) is 15.6 Å². The molecule has 7 nitrogen and oxygen atoms in total. The second-order valence-electron chi connectivity index (χ2n) is 3.94. The van der Waals surface area contributed by atoms with Crippen molar-refractivity contribution in [1.29, 1.82) is 0 Å². The van der Waals surface area contributed by atoms with E-state index < -0.39 is 17.9 Å². The van der Waals surface area contributed by atoms with Gasteiger partial charge in [0.05, 0.1) is 17.4 Å². The van der Waals surface area contributed by atoms with Crippen molar-refractivity contribution >= 4 is 23.4 Å². The van der Waals surface area contributed by atoms with Crippen LogP contribution in [0.5, 0.6) is 0 Å². The maximum Gasteiger partial charge on any atom is 0.254 e. The number of hydrogen-bond acceptors (Lipinski definition) is 5. The van der Waals surface area contributed by atoms with Crippen LogP contribution in [0, 0.1) is 0 Å². The van der Waals surface area contributed by atoms with E-state index in [9.17, 15) is 14.4 Å². The zero-order valence-corrected chi connectivity index (χ0v) is 9.47. The Morgan fingerprint density at radius 1 is 1.50 bits per heavy atom. The van der Waals surface area contributed by atoms with Crippen molar-refractivity contribution in [3.8, 4) is 0 Å². The standard InChI is InChI=1S/C11H12N4O3/c12-7-5-13-4-3-6(7)10(17)14-8-1-2-9(16)15-11(8)18/h3-5,8H,1-2,12H2,(H,14,17)(H,15,16,18). The summed E-state index contributed by atoms with van der Waals surface area (Å²) in [5.74, 6) is -1.27. The minimum atomic E-state index is -0.706. The molecule has 0 bridgehead atoms. The number of imide groups is 1. The highest BCUT2D eigenvalue weighted by Gasteiger charge is 2.28. The first-order valence-corrected chi connectivity index (χ1v) is 5.42. The number of aromatic nitrogens is 1. The predicted octanol–water partition coefficient (Wildman–Crippen LogP) is -0.801. The Hall–Kier alpha value is -2.44. The number of nitrogens with two attached hydrogens (primary N) is 1. The van der Waals surface area contributed by atoms with E-state index in [0.29, 0.717) is 6.42 Å². The first-order chi connectivity index (χ1) is 8.58. The first-order valence-electron chi connectivity index (χ1n) is 5.42. The summed E-state index contributed by atoms with van der Waals surface area (Å²) in [5, 5.41) is 4.70. The zero-order valence-electron chi connectivity index (χ0n) is 9.47. The molecule has 1 aliphatic rings. The number of nitrogens with zero attached hydrogens (tertiary/aromatic N) is 1. The molecule has 18 heavy (non-hydrogen) atoms. The lowest BCUT2D eigenvalue weighted by molar-refractivity contribution is -0.134. The lowest BCUT2D eigenvalue weighted by atomic mass is 10.1. The summed E-state index contributed by atoms with van der Waals surface area (Å²) in [6, 6.07) is 0.763. The van der Waals surface area contributed by atoms with Crippen LogP contribution in [-0.2, 0) is 9.59 Å². The first kappa shape index (κ1) is 12.0. The molecule has 1 aliphatic heterocycles. The highest BCUT2D eigenvalue weighted by molar-refractivity contribution is 6.05. The van der Waals surface area contributed by atoms with Crippen molar-refractivity contribution in [3.63, 3.8) is 0 Å². The van der Waals surface area contributed by atoms with Crippen LogP contribution in [0.15, 0.2) is 18.5 Å². The molecule has 1 aromatic rings. The van der Waals surface area contributed by atoms with Gasteiger partial charge in [0.15, 0.2) is 0 Å². The normalized spacial score (nSPS) is 19.2. The summed E-state index contributed by atoms with van der Waals surface area (Å²) in [5.41, 5.74) is 6.10. The van der Waals surface area contributed by atoms with Crippen LogP contribution in [0.25, 0.3) is 0 Å². The molecule has 2 heterocycles. The third kappa shape index (κ3) is 2.45. The minimum absolute atomic E-state index is 0.211. The van der Waals surface area contributed by atoms with Gasteiger partial charge in [-0.1, -0.05) is 0 Å². The maximum atomic E-state index is 11.9. The van der Waals surface area contributed by atoms with Crippen LogP contribution in [0.4, 0.5) is 5.69 Å². The van der Waals surface area contributed by atoms with Gasteiger partial charge in [-0.3, -0.25) is 24.7 Å². The molecule has 0 aliphatic carbocycles. The van der Waals surface area contributed by atoms with E-state index in [1.807, 2.05) is 0 Å². The highest BCUT2D eigenvalue weighted by Crippen LogP contribution is 2.10. The van der Waals surface area contributed by atoms with Crippen molar-refractivity contribution in [3.05, 3.63) is 24.0 Å². The molecule has 0 spiro atoms. The Labute approximate surface area is 103 Å². The number of rotatable bonds is 2. The fourth-order valence-corrected chi connectivity index (χ4v) is 1.68. The summed E-state index contributed by atoms with van der Waals surface area (Å²) in [6.45, 7) is 0. The largest absolute Gasteiger partial charge is 0.397 e. The van der Waals surface area contributed by atoms with Gasteiger partial charge < -0.3 is 11.1 Å². The van der Waals surface area contributed by atoms with Crippen molar-refractivity contribution in [1.82, 2.24) is 15.6 Å². The Kier molecular flexibility index (Phi) is 3.22. The summed E-state index contributed by atoms with van der Waals surface area (Å²) >= 11 is 0.